The van der Waals surface area contributed by atoms with Crippen LogP contribution in [0.25, 0.3) is 0 Å². The van der Waals surface area contributed by atoms with Crippen molar-refractivity contribution in [1.29, 1.82) is 5.26 Å². The number of likely N-dealkylation sites (N-methyl/N-ethyl adjacent to an activating group) is 1. The van der Waals surface area contributed by atoms with Crippen LogP contribution in [0.1, 0.15) is 51.1 Å². The number of carbonyl (C=O) groups excluding carboxylic acids is 1. The molecule has 1 amide bonds. The molecule has 3 rings (SSSR count). The van der Waals surface area contributed by atoms with Crippen molar-refractivity contribution in [3.8, 4) is 6.07 Å². The standard InChI is InChI=1S/C25H32ClN3O4S/c1-5-17(6-2)24-23(18-8-10-19(26)11-9-18)29(25(30)22(33-24)14-15-27)20(7-3)16-28(4)34(31,32)21-12-13-21/h5-6,8-11,20-24H,1,7,12-14,16H2,2-4H3/b17-6+/t20-,22+,23+,24+/m0/s1. The van der Waals surface area contributed by atoms with Crippen LogP contribution in [0.2, 0.25) is 5.02 Å². The molecule has 0 N–H and O–H groups in total. The Balaban J connectivity index is 2.09. The lowest BCUT2D eigenvalue weighted by Gasteiger charge is -2.48. The third kappa shape index (κ3) is 5.38. The number of hydrogen-bond donors (Lipinski definition) is 0. The fourth-order valence-corrected chi connectivity index (χ4v) is 6.22. The Hall–Kier alpha value is -2.18. The Morgan fingerprint density at radius 2 is 2.03 bits per heavy atom. The summed E-state index contributed by atoms with van der Waals surface area (Å²) in [6, 6.07) is 8.31. The maximum Gasteiger partial charge on any atom is 0.253 e. The molecule has 2 fully saturated rings. The molecular formula is C25H32ClN3O4S. The molecule has 0 unspecified atom stereocenters. The first kappa shape index (κ1) is 26.4. The van der Waals surface area contributed by atoms with Crippen LogP contribution in [0.15, 0.2) is 48.6 Å². The molecule has 0 radical (unpaired) electrons. The number of rotatable bonds is 10. The number of benzene rings is 1. The van der Waals surface area contributed by atoms with Crippen LogP contribution < -0.4 is 0 Å². The molecule has 4 atom stereocenters. The number of nitrogens with zero attached hydrogens (tertiary/aromatic N) is 3. The van der Waals surface area contributed by atoms with Crippen LogP contribution in [-0.2, 0) is 19.6 Å². The van der Waals surface area contributed by atoms with Crippen LogP contribution in [0.3, 0.4) is 0 Å². The first-order valence-electron chi connectivity index (χ1n) is 11.5. The van der Waals surface area contributed by atoms with Crippen molar-refractivity contribution in [3.63, 3.8) is 0 Å². The van der Waals surface area contributed by atoms with Crippen molar-refractivity contribution in [3.05, 3.63) is 59.2 Å². The van der Waals surface area contributed by atoms with Gasteiger partial charge in [0.1, 0.15) is 12.2 Å². The monoisotopic (exact) mass is 505 g/mol. The first-order chi connectivity index (χ1) is 16.2. The van der Waals surface area contributed by atoms with Crippen LogP contribution in [0, 0.1) is 11.3 Å². The first-order valence-corrected chi connectivity index (χ1v) is 13.4. The summed E-state index contributed by atoms with van der Waals surface area (Å²) < 4.78 is 33.3. The SMILES string of the molecule is C=C/C(=C\C)[C@H]1O[C@H](CC#N)C(=O)N([C@@H](CC)CN(C)S(=O)(=O)C2CC2)[C@@H]1c1ccc(Cl)cc1. The third-order valence-corrected chi connectivity index (χ3v) is 9.11. The van der Waals surface area contributed by atoms with Gasteiger partial charge in [-0.25, -0.2) is 12.7 Å². The molecular weight excluding hydrogens is 474 g/mol. The van der Waals surface area contributed by atoms with Gasteiger partial charge in [0, 0.05) is 24.7 Å². The molecule has 0 spiro atoms. The van der Waals surface area contributed by atoms with Crippen LogP contribution in [0.4, 0.5) is 0 Å². The van der Waals surface area contributed by atoms with E-state index in [4.69, 9.17) is 16.3 Å². The zero-order valence-electron chi connectivity index (χ0n) is 19.9. The van der Waals surface area contributed by atoms with Crippen LogP contribution in [-0.4, -0.2) is 60.6 Å². The molecule has 0 aromatic heterocycles. The molecule has 1 saturated carbocycles. The zero-order chi connectivity index (χ0) is 25.0. The Labute approximate surface area is 207 Å². The van der Waals surface area contributed by atoms with E-state index in [1.165, 1.54) is 4.31 Å². The van der Waals surface area contributed by atoms with Gasteiger partial charge >= 0.3 is 0 Å². The zero-order valence-corrected chi connectivity index (χ0v) is 21.4. The van der Waals surface area contributed by atoms with Crippen molar-refractivity contribution in [2.75, 3.05) is 13.6 Å². The van der Waals surface area contributed by atoms with Gasteiger partial charge in [-0.15, -0.1) is 0 Å². The number of halogens is 1. The van der Waals surface area contributed by atoms with Gasteiger partial charge in [0.25, 0.3) is 5.91 Å². The van der Waals surface area contributed by atoms with Gasteiger partial charge in [0.2, 0.25) is 10.0 Å². The van der Waals surface area contributed by atoms with Crippen molar-refractivity contribution in [2.24, 2.45) is 0 Å². The van der Waals surface area contributed by atoms with Crippen molar-refractivity contribution < 1.29 is 17.9 Å². The number of ether oxygens (including phenoxy) is 1. The van der Waals surface area contributed by atoms with Gasteiger partial charge in [0.05, 0.1) is 23.8 Å². The average molecular weight is 506 g/mol. The summed E-state index contributed by atoms with van der Waals surface area (Å²) in [6.07, 6.45) is 3.82. The Bertz CT molecular complexity index is 1080. The lowest BCUT2D eigenvalue weighted by atomic mass is 9.89. The molecule has 1 heterocycles. The average Bonchev–Trinajstić information content (AvgIpc) is 3.67. The Morgan fingerprint density at radius 1 is 1.38 bits per heavy atom. The highest BCUT2D eigenvalue weighted by atomic mass is 35.5. The highest BCUT2D eigenvalue weighted by Gasteiger charge is 2.47. The number of carbonyl (C=O) groups is 1. The van der Waals surface area contributed by atoms with Gasteiger partial charge in [-0.3, -0.25) is 4.79 Å². The number of allylic oxidation sites excluding steroid dienone is 1. The summed E-state index contributed by atoms with van der Waals surface area (Å²) in [5, 5.41) is 9.58. The molecule has 1 aliphatic heterocycles. The van der Waals surface area contributed by atoms with E-state index in [0.717, 1.165) is 11.1 Å². The largest absolute Gasteiger partial charge is 0.357 e. The molecule has 1 aromatic carbocycles. The quantitative estimate of drug-likeness (QED) is 0.444. The van der Waals surface area contributed by atoms with E-state index < -0.39 is 34.3 Å². The Morgan fingerprint density at radius 3 is 2.53 bits per heavy atom. The lowest BCUT2D eigenvalue weighted by Crippen LogP contribution is -2.59. The van der Waals surface area contributed by atoms with Crippen molar-refractivity contribution in [1.82, 2.24) is 9.21 Å². The summed E-state index contributed by atoms with van der Waals surface area (Å²) in [7, 11) is -1.84. The molecule has 7 nitrogen and oxygen atoms in total. The molecule has 1 aliphatic carbocycles. The van der Waals surface area contributed by atoms with E-state index in [1.807, 2.05) is 38.1 Å². The smallest absolute Gasteiger partial charge is 0.253 e. The van der Waals surface area contributed by atoms with Crippen molar-refractivity contribution in [2.45, 2.75) is 69.1 Å². The van der Waals surface area contributed by atoms with Gasteiger partial charge < -0.3 is 9.64 Å². The molecule has 1 saturated heterocycles. The van der Waals surface area contributed by atoms with Gasteiger partial charge in [-0.2, -0.15) is 5.26 Å². The second kappa shape index (κ2) is 11.0. The van der Waals surface area contributed by atoms with Gasteiger partial charge in [0.15, 0.2) is 0 Å². The number of morpholine rings is 1. The topological polar surface area (TPSA) is 90.7 Å². The predicted molar refractivity (Wildman–Crippen MR) is 133 cm³/mol. The van der Waals surface area contributed by atoms with Crippen LogP contribution >= 0.6 is 11.6 Å². The maximum absolute atomic E-state index is 13.7. The number of hydrogen-bond acceptors (Lipinski definition) is 5. The number of amides is 1. The lowest BCUT2D eigenvalue weighted by molar-refractivity contribution is -0.173. The highest BCUT2D eigenvalue weighted by Crippen LogP contribution is 2.40. The predicted octanol–water partition coefficient (Wildman–Crippen LogP) is 4.23. The maximum atomic E-state index is 13.7. The molecule has 9 heteroatoms. The highest BCUT2D eigenvalue weighted by molar-refractivity contribution is 7.90. The molecule has 184 valence electrons. The molecule has 2 aliphatic rings. The van der Waals surface area contributed by atoms with E-state index in [2.05, 4.69) is 6.58 Å². The molecule has 34 heavy (non-hydrogen) atoms. The summed E-state index contributed by atoms with van der Waals surface area (Å²) in [5.74, 6) is -0.318. The fraction of sp³-hybridized carbons (Fsp3) is 0.520. The normalized spacial score (nSPS) is 24.7. The van der Waals surface area contributed by atoms with Gasteiger partial charge in [-0.05, 0) is 49.5 Å². The summed E-state index contributed by atoms with van der Waals surface area (Å²) in [5.41, 5.74) is 1.60. The second-order valence-electron chi connectivity index (χ2n) is 8.73. The molecule has 0 bridgehead atoms. The third-order valence-electron chi connectivity index (χ3n) is 6.53. The summed E-state index contributed by atoms with van der Waals surface area (Å²) >= 11 is 6.13. The minimum atomic E-state index is -3.41. The van der Waals surface area contributed by atoms with E-state index in [9.17, 15) is 18.5 Å². The number of sulfonamides is 1. The number of nitriles is 1. The van der Waals surface area contributed by atoms with Crippen molar-refractivity contribution >= 4 is 27.5 Å². The summed E-state index contributed by atoms with van der Waals surface area (Å²) in [4.78, 5) is 15.4. The van der Waals surface area contributed by atoms with Crippen LogP contribution in [0.5, 0.6) is 0 Å². The van der Waals surface area contributed by atoms with E-state index in [-0.39, 0.29) is 24.1 Å². The summed E-state index contributed by atoms with van der Waals surface area (Å²) in [6.45, 7) is 7.87. The fourth-order valence-electron chi connectivity index (χ4n) is 4.47. The Kier molecular flexibility index (Phi) is 8.58. The van der Waals surface area contributed by atoms with Gasteiger partial charge in [-0.1, -0.05) is 49.4 Å². The van der Waals surface area contributed by atoms with E-state index in [0.29, 0.717) is 24.3 Å². The minimum Gasteiger partial charge on any atom is -0.357 e. The molecule has 1 aromatic rings. The second-order valence-corrected chi connectivity index (χ2v) is 11.5. The van der Waals surface area contributed by atoms with E-state index in [1.54, 1.807) is 30.2 Å². The van der Waals surface area contributed by atoms with E-state index >= 15 is 0 Å². The minimum absolute atomic E-state index is 0.0973.